The molecular weight excluding hydrogens is 256 g/mol. The van der Waals surface area contributed by atoms with E-state index in [1.165, 1.54) is 0 Å². The highest BCUT2D eigenvalue weighted by Crippen LogP contribution is 2.24. The average molecular weight is 284 g/mol. The van der Waals surface area contributed by atoms with Crippen LogP contribution in [0.1, 0.15) is 45.4 Å². The molecule has 2 rings (SSSR count). The van der Waals surface area contributed by atoms with E-state index in [1.807, 2.05) is 4.90 Å². The van der Waals surface area contributed by atoms with Crippen molar-refractivity contribution in [2.45, 2.75) is 69.8 Å². The molecule has 2 heterocycles. The number of methoxy groups -OCH3 is 1. The van der Waals surface area contributed by atoms with Crippen molar-refractivity contribution in [2.75, 3.05) is 20.2 Å². The number of hydrogen-bond acceptors (Lipinski definition) is 4. The molecule has 0 radical (unpaired) electrons. The normalized spacial score (nSPS) is 34.5. The molecule has 0 aliphatic carbocycles. The van der Waals surface area contributed by atoms with E-state index >= 15 is 0 Å². The molecular formula is C15H28N2O3. The third kappa shape index (κ3) is 3.93. The lowest BCUT2D eigenvalue weighted by atomic mass is 9.98. The van der Waals surface area contributed by atoms with Crippen molar-refractivity contribution in [3.05, 3.63) is 0 Å². The molecule has 1 amide bonds. The number of hydrogen-bond donors (Lipinski definition) is 1. The van der Waals surface area contributed by atoms with Gasteiger partial charge in [0.05, 0.1) is 18.3 Å². The van der Waals surface area contributed by atoms with Gasteiger partial charge in [0.1, 0.15) is 0 Å². The monoisotopic (exact) mass is 284 g/mol. The van der Waals surface area contributed by atoms with Crippen molar-refractivity contribution in [3.63, 3.8) is 0 Å². The number of nitrogens with zero attached hydrogens (tertiary/aromatic N) is 1. The third-order valence-electron chi connectivity index (χ3n) is 4.59. The number of piperidine rings is 1. The molecule has 0 bridgehead atoms. The zero-order chi connectivity index (χ0) is 14.5. The van der Waals surface area contributed by atoms with E-state index in [-0.39, 0.29) is 24.2 Å². The van der Waals surface area contributed by atoms with E-state index in [0.29, 0.717) is 19.1 Å². The smallest absolute Gasteiger partial charge is 0.222 e. The summed E-state index contributed by atoms with van der Waals surface area (Å²) in [6.07, 6.45) is 6.24. The molecule has 2 N–H and O–H groups in total. The van der Waals surface area contributed by atoms with Crippen molar-refractivity contribution in [1.29, 1.82) is 0 Å². The molecule has 4 atom stereocenters. The minimum Gasteiger partial charge on any atom is -0.381 e. The fraction of sp³-hybridized carbons (Fsp3) is 0.933. The van der Waals surface area contributed by atoms with Gasteiger partial charge in [0, 0.05) is 32.7 Å². The van der Waals surface area contributed by atoms with Gasteiger partial charge in [-0.15, -0.1) is 0 Å². The summed E-state index contributed by atoms with van der Waals surface area (Å²) in [6, 6.07) is 0.129. The van der Waals surface area contributed by atoms with Crippen LogP contribution in [0.2, 0.25) is 0 Å². The second-order valence-electron chi connectivity index (χ2n) is 6.04. The Labute approximate surface area is 121 Å². The van der Waals surface area contributed by atoms with E-state index in [1.54, 1.807) is 7.11 Å². The van der Waals surface area contributed by atoms with Gasteiger partial charge in [-0.25, -0.2) is 0 Å². The van der Waals surface area contributed by atoms with Gasteiger partial charge < -0.3 is 20.1 Å². The first-order valence-corrected chi connectivity index (χ1v) is 7.81. The summed E-state index contributed by atoms with van der Waals surface area (Å²) in [6.45, 7) is 3.38. The fourth-order valence-electron chi connectivity index (χ4n) is 3.31. The lowest BCUT2D eigenvalue weighted by Gasteiger charge is -2.38. The Hall–Kier alpha value is -0.650. The summed E-state index contributed by atoms with van der Waals surface area (Å²) in [5.41, 5.74) is 5.81. The summed E-state index contributed by atoms with van der Waals surface area (Å²) in [5.74, 6) is 0.221. The van der Waals surface area contributed by atoms with E-state index in [9.17, 15) is 4.79 Å². The van der Waals surface area contributed by atoms with Crippen LogP contribution in [0.15, 0.2) is 0 Å². The van der Waals surface area contributed by atoms with Crippen molar-refractivity contribution >= 4 is 5.91 Å². The fourth-order valence-corrected chi connectivity index (χ4v) is 3.31. The minimum atomic E-state index is 0.129. The summed E-state index contributed by atoms with van der Waals surface area (Å²) >= 11 is 0. The molecule has 5 nitrogen and oxygen atoms in total. The molecule has 2 aliphatic rings. The second kappa shape index (κ2) is 7.38. The number of ether oxygens (including phenoxy) is 2. The van der Waals surface area contributed by atoms with Gasteiger partial charge in [-0.1, -0.05) is 0 Å². The molecule has 0 aromatic carbocycles. The largest absolute Gasteiger partial charge is 0.381 e. The van der Waals surface area contributed by atoms with Gasteiger partial charge >= 0.3 is 0 Å². The van der Waals surface area contributed by atoms with Gasteiger partial charge in [0.25, 0.3) is 0 Å². The molecule has 5 heteroatoms. The molecule has 116 valence electrons. The van der Waals surface area contributed by atoms with Gasteiger partial charge in [0.15, 0.2) is 0 Å². The topological polar surface area (TPSA) is 64.8 Å². The highest BCUT2D eigenvalue weighted by Gasteiger charge is 2.31. The minimum absolute atomic E-state index is 0.129. The Kier molecular flexibility index (Phi) is 5.81. The van der Waals surface area contributed by atoms with Crippen molar-refractivity contribution in [1.82, 2.24) is 4.90 Å². The van der Waals surface area contributed by atoms with Crippen LogP contribution in [0.3, 0.4) is 0 Å². The van der Waals surface area contributed by atoms with Crippen LogP contribution in [-0.4, -0.2) is 55.4 Å². The summed E-state index contributed by atoms with van der Waals surface area (Å²) in [4.78, 5) is 14.3. The van der Waals surface area contributed by atoms with Crippen LogP contribution in [0.4, 0.5) is 0 Å². The van der Waals surface area contributed by atoms with Crippen LogP contribution in [-0.2, 0) is 14.3 Å². The molecule has 0 aromatic rings. The lowest BCUT2D eigenvalue weighted by Crippen LogP contribution is -2.51. The van der Waals surface area contributed by atoms with Gasteiger partial charge in [-0.05, 0) is 39.0 Å². The van der Waals surface area contributed by atoms with Crippen molar-refractivity contribution in [2.24, 2.45) is 5.73 Å². The summed E-state index contributed by atoms with van der Waals surface area (Å²) in [5, 5.41) is 0. The number of carbonyl (C=O) groups is 1. The number of carbonyl (C=O) groups excluding carboxylic acids is 1. The van der Waals surface area contributed by atoms with E-state index in [0.717, 1.165) is 38.6 Å². The van der Waals surface area contributed by atoms with Crippen LogP contribution in [0.25, 0.3) is 0 Å². The molecule has 0 saturated carbocycles. The Morgan fingerprint density at radius 1 is 1.40 bits per heavy atom. The Bertz CT molecular complexity index is 324. The first-order valence-electron chi connectivity index (χ1n) is 7.81. The molecule has 0 aromatic heterocycles. The highest BCUT2D eigenvalue weighted by atomic mass is 16.5. The van der Waals surface area contributed by atoms with Crippen LogP contribution < -0.4 is 5.73 Å². The Balaban J connectivity index is 1.79. The zero-order valence-electron chi connectivity index (χ0n) is 12.7. The average Bonchev–Trinajstić information content (AvgIpc) is 2.89. The predicted molar refractivity (Wildman–Crippen MR) is 77.4 cm³/mol. The quantitative estimate of drug-likeness (QED) is 0.826. The van der Waals surface area contributed by atoms with Crippen LogP contribution in [0, 0.1) is 0 Å². The van der Waals surface area contributed by atoms with E-state index in [4.69, 9.17) is 15.2 Å². The standard InChI is InChI=1S/C15H28N2O3/c1-11-3-4-13(20-11)5-6-15(18)17-8-7-14(19-2)9-12(17)10-16/h11-14H,3-10,16H2,1-2H3/t11-,12+,13-,14+/m0/s1. The van der Waals surface area contributed by atoms with E-state index < -0.39 is 0 Å². The maximum atomic E-state index is 12.4. The van der Waals surface area contributed by atoms with Gasteiger partial charge in [-0.2, -0.15) is 0 Å². The maximum absolute atomic E-state index is 12.4. The molecule has 2 fully saturated rings. The van der Waals surface area contributed by atoms with Crippen molar-refractivity contribution < 1.29 is 14.3 Å². The summed E-state index contributed by atoms with van der Waals surface area (Å²) < 4.78 is 11.2. The van der Waals surface area contributed by atoms with Crippen LogP contribution in [0.5, 0.6) is 0 Å². The van der Waals surface area contributed by atoms with E-state index in [2.05, 4.69) is 6.92 Å². The zero-order valence-corrected chi connectivity index (χ0v) is 12.7. The Morgan fingerprint density at radius 2 is 2.20 bits per heavy atom. The number of rotatable bonds is 5. The number of amides is 1. The highest BCUT2D eigenvalue weighted by molar-refractivity contribution is 5.76. The molecule has 0 unspecified atom stereocenters. The molecule has 2 aliphatic heterocycles. The number of likely N-dealkylation sites (tertiary alicyclic amines) is 1. The van der Waals surface area contributed by atoms with Gasteiger partial charge in [-0.3, -0.25) is 4.79 Å². The second-order valence-corrected chi connectivity index (χ2v) is 6.04. The first-order chi connectivity index (χ1) is 9.63. The van der Waals surface area contributed by atoms with Crippen molar-refractivity contribution in [3.8, 4) is 0 Å². The Morgan fingerprint density at radius 3 is 2.80 bits per heavy atom. The molecule has 0 spiro atoms. The number of nitrogens with two attached hydrogens (primary N) is 1. The molecule has 20 heavy (non-hydrogen) atoms. The lowest BCUT2D eigenvalue weighted by molar-refractivity contribution is -0.137. The predicted octanol–water partition coefficient (Wildman–Crippen LogP) is 1.30. The summed E-state index contributed by atoms with van der Waals surface area (Å²) in [7, 11) is 1.73. The molecule has 2 saturated heterocycles. The third-order valence-corrected chi connectivity index (χ3v) is 4.59. The maximum Gasteiger partial charge on any atom is 0.222 e. The SMILES string of the molecule is CO[C@@H]1CCN(C(=O)CC[C@@H]2CC[C@H](C)O2)[C@@H](CN)C1. The van der Waals surface area contributed by atoms with Gasteiger partial charge in [0.2, 0.25) is 5.91 Å². The first kappa shape index (κ1) is 15.7. The van der Waals surface area contributed by atoms with Crippen LogP contribution >= 0.6 is 0 Å².